The van der Waals surface area contributed by atoms with Gasteiger partial charge in [-0.2, -0.15) is 5.10 Å². The smallest absolute Gasteiger partial charge is 0.233 e. The second-order valence-electron chi connectivity index (χ2n) is 7.88. The van der Waals surface area contributed by atoms with E-state index in [9.17, 15) is 4.79 Å². The maximum absolute atomic E-state index is 12.8. The maximum atomic E-state index is 12.8. The van der Waals surface area contributed by atoms with Gasteiger partial charge in [0.25, 0.3) is 0 Å². The number of aryl methyl sites for hydroxylation is 1. The summed E-state index contributed by atoms with van der Waals surface area (Å²) in [5.74, 6) is 1.72. The molecule has 8 nitrogen and oxygen atoms in total. The number of rotatable bonds is 6. The number of nitrogens with one attached hydrogen (secondary N) is 2. The number of piperidine rings is 1. The van der Waals surface area contributed by atoms with Gasteiger partial charge in [-0.15, -0.1) is 0 Å². The number of hydrogen-bond donors (Lipinski definition) is 2. The quantitative estimate of drug-likeness (QED) is 0.453. The minimum absolute atomic E-state index is 0.105. The number of carbonyl (C=O) groups excluding carboxylic acids is 1. The number of H-pyrrole nitrogens is 1. The number of carbonyl (C=O) groups is 1. The van der Waals surface area contributed by atoms with Gasteiger partial charge in [-0.05, 0) is 44.7 Å². The van der Waals surface area contributed by atoms with Crippen LogP contribution in [0.3, 0.4) is 0 Å². The fourth-order valence-corrected chi connectivity index (χ4v) is 4.75. The zero-order valence-electron chi connectivity index (χ0n) is 18.1. The highest BCUT2D eigenvalue weighted by molar-refractivity contribution is 7.99. The lowest BCUT2D eigenvalue weighted by Gasteiger charge is -2.30. The van der Waals surface area contributed by atoms with E-state index >= 15 is 0 Å². The molecule has 0 radical (unpaired) electrons. The third-order valence-corrected chi connectivity index (χ3v) is 6.57. The molecule has 1 fully saturated rings. The average Bonchev–Trinajstić information content (AvgIpc) is 3.14. The molecule has 0 atom stereocenters. The van der Waals surface area contributed by atoms with Crippen molar-refractivity contribution in [2.24, 2.45) is 5.92 Å². The topological polar surface area (TPSA) is 99.9 Å². The normalized spacial score (nSPS) is 14.9. The number of aromatic amines is 1. The molecule has 0 aliphatic carbocycles. The van der Waals surface area contributed by atoms with Gasteiger partial charge in [-0.3, -0.25) is 19.9 Å². The van der Waals surface area contributed by atoms with Crippen LogP contribution < -0.4 is 10.2 Å². The summed E-state index contributed by atoms with van der Waals surface area (Å²) < 4.78 is 7.57. The van der Waals surface area contributed by atoms with E-state index < -0.39 is 0 Å². The first-order chi connectivity index (χ1) is 15.0. The van der Waals surface area contributed by atoms with Crippen molar-refractivity contribution in [2.45, 2.75) is 38.8 Å². The maximum Gasteiger partial charge on any atom is 0.233 e. The molecule has 2 N–H and O–H groups in total. The predicted molar refractivity (Wildman–Crippen MR) is 121 cm³/mol. The van der Waals surface area contributed by atoms with Gasteiger partial charge >= 0.3 is 0 Å². The molecule has 4 rings (SSSR count). The number of amides is 1. The second kappa shape index (κ2) is 9.13. The number of aromatic nitrogens is 4. The van der Waals surface area contributed by atoms with Gasteiger partial charge in [0.15, 0.2) is 10.8 Å². The molecule has 2 aromatic heterocycles. The lowest BCUT2D eigenvalue weighted by Crippen LogP contribution is -2.39. The SMILES string of the molecule is CCOc1ccccc1-n1c(SCC(=O)N2CCC(C)CC2)nc2n[nH]c(C)c2c1=N. The Morgan fingerprint density at radius 3 is 2.81 bits per heavy atom. The Hall–Kier alpha value is -2.81. The second-order valence-corrected chi connectivity index (χ2v) is 8.82. The Morgan fingerprint density at radius 2 is 2.06 bits per heavy atom. The number of ether oxygens (including phenoxy) is 1. The lowest BCUT2D eigenvalue weighted by molar-refractivity contribution is -0.129. The minimum atomic E-state index is 0.105. The number of hydrogen-bond acceptors (Lipinski definition) is 6. The number of nitrogens with zero attached hydrogens (tertiary/aromatic N) is 4. The fourth-order valence-electron chi connectivity index (χ4n) is 3.84. The van der Waals surface area contributed by atoms with Crippen LogP contribution in [0.1, 0.15) is 32.4 Å². The van der Waals surface area contributed by atoms with Crippen molar-refractivity contribution in [3.63, 3.8) is 0 Å². The molecule has 3 aromatic rings. The molecule has 0 spiro atoms. The van der Waals surface area contributed by atoms with Gasteiger partial charge in [0.05, 0.1) is 23.4 Å². The predicted octanol–water partition coefficient (Wildman–Crippen LogP) is 3.29. The Bertz CT molecular complexity index is 1150. The zero-order chi connectivity index (χ0) is 22.0. The Kier molecular flexibility index (Phi) is 6.31. The van der Waals surface area contributed by atoms with Crippen molar-refractivity contribution < 1.29 is 9.53 Å². The van der Waals surface area contributed by atoms with Crippen LogP contribution >= 0.6 is 11.8 Å². The van der Waals surface area contributed by atoms with Crippen LogP contribution in [0, 0.1) is 18.3 Å². The molecule has 1 aromatic carbocycles. The molecular formula is C22H28N6O2S. The third-order valence-electron chi connectivity index (χ3n) is 5.65. The molecule has 1 aliphatic heterocycles. The summed E-state index contributed by atoms with van der Waals surface area (Å²) in [6.45, 7) is 8.17. The van der Waals surface area contributed by atoms with Crippen LogP contribution in [-0.2, 0) is 4.79 Å². The number of thioether (sulfide) groups is 1. The molecule has 0 unspecified atom stereocenters. The molecule has 0 bridgehead atoms. The van der Waals surface area contributed by atoms with Crippen molar-refractivity contribution in [2.75, 3.05) is 25.4 Å². The Balaban J connectivity index is 1.72. The molecule has 1 amide bonds. The van der Waals surface area contributed by atoms with Crippen molar-refractivity contribution in [3.8, 4) is 11.4 Å². The van der Waals surface area contributed by atoms with Crippen LogP contribution in [-0.4, -0.2) is 56.0 Å². The van der Waals surface area contributed by atoms with Crippen LogP contribution in [0.4, 0.5) is 0 Å². The van der Waals surface area contributed by atoms with Crippen molar-refractivity contribution in [3.05, 3.63) is 35.4 Å². The monoisotopic (exact) mass is 440 g/mol. The molecule has 3 heterocycles. The fraction of sp³-hybridized carbons (Fsp3) is 0.455. The van der Waals surface area contributed by atoms with E-state index in [1.165, 1.54) is 11.8 Å². The third kappa shape index (κ3) is 4.32. The molecule has 164 valence electrons. The summed E-state index contributed by atoms with van der Waals surface area (Å²) in [5, 5.41) is 17.3. The van der Waals surface area contributed by atoms with Crippen LogP contribution in [0.15, 0.2) is 29.4 Å². The average molecular weight is 441 g/mol. The molecule has 1 saturated heterocycles. The number of para-hydroxylation sites is 2. The van der Waals surface area contributed by atoms with E-state index in [4.69, 9.17) is 15.1 Å². The molecular weight excluding hydrogens is 412 g/mol. The van der Waals surface area contributed by atoms with Gasteiger partial charge < -0.3 is 9.64 Å². The van der Waals surface area contributed by atoms with Crippen molar-refractivity contribution >= 4 is 28.7 Å². The first-order valence-corrected chi connectivity index (χ1v) is 11.6. The summed E-state index contributed by atoms with van der Waals surface area (Å²) in [7, 11) is 0. The van der Waals surface area contributed by atoms with Gasteiger partial charge in [0.1, 0.15) is 11.2 Å². The van der Waals surface area contributed by atoms with E-state index in [1.807, 2.05) is 43.0 Å². The summed E-state index contributed by atoms with van der Waals surface area (Å²) >= 11 is 1.34. The van der Waals surface area contributed by atoms with E-state index in [2.05, 4.69) is 17.1 Å². The van der Waals surface area contributed by atoms with E-state index in [0.717, 1.165) is 37.3 Å². The largest absolute Gasteiger partial charge is 0.492 e. The highest BCUT2D eigenvalue weighted by Crippen LogP contribution is 2.28. The molecule has 9 heteroatoms. The standard InChI is InChI=1S/C22H28N6O2S/c1-4-30-17-8-6-5-7-16(17)28-20(23)19-15(3)25-26-21(19)24-22(28)31-13-18(29)27-11-9-14(2)10-12-27/h5-8,14,23H,4,9-13H2,1-3H3,(H,25,26). The first-order valence-electron chi connectivity index (χ1n) is 10.6. The lowest BCUT2D eigenvalue weighted by atomic mass is 9.99. The van der Waals surface area contributed by atoms with Gasteiger partial charge in [-0.25, -0.2) is 4.98 Å². The van der Waals surface area contributed by atoms with Crippen molar-refractivity contribution in [1.82, 2.24) is 24.6 Å². The summed E-state index contributed by atoms with van der Waals surface area (Å²) in [6.07, 6.45) is 2.09. The number of likely N-dealkylation sites (tertiary alicyclic amines) is 1. The Morgan fingerprint density at radius 1 is 1.32 bits per heavy atom. The van der Waals surface area contributed by atoms with Gasteiger partial charge in [0.2, 0.25) is 5.91 Å². The van der Waals surface area contributed by atoms with E-state index in [0.29, 0.717) is 34.5 Å². The molecule has 0 saturated carbocycles. The summed E-state index contributed by atoms with van der Waals surface area (Å²) in [4.78, 5) is 19.5. The van der Waals surface area contributed by atoms with Crippen LogP contribution in [0.5, 0.6) is 5.75 Å². The highest BCUT2D eigenvalue weighted by Gasteiger charge is 2.22. The highest BCUT2D eigenvalue weighted by atomic mass is 32.2. The number of fused-ring (bicyclic) bond motifs is 1. The van der Waals surface area contributed by atoms with E-state index in [-0.39, 0.29) is 17.1 Å². The molecule has 31 heavy (non-hydrogen) atoms. The Labute approximate surface area is 185 Å². The minimum Gasteiger partial charge on any atom is -0.492 e. The van der Waals surface area contributed by atoms with Crippen LogP contribution in [0.2, 0.25) is 0 Å². The zero-order valence-corrected chi connectivity index (χ0v) is 19.0. The first kappa shape index (κ1) is 21.4. The summed E-state index contributed by atoms with van der Waals surface area (Å²) in [6, 6.07) is 7.60. The van der Waals surface area contributed by atoms with E-state index in [1.54, 1.807) is 4.57 Å². The number of benzene rings is 1. The summed E-state index contributed by atoms with van der Waals surface area (Å²) in [5.41, 5.74) is 2.26. The van der Waals surface area contributed by atoms with Crippen molar-refractivity contribution in [1.29, 1.82) is 5.41 Å². The van der Waals surface area contributed by atoms with Gasteiger partial charge in [0, 0.05) is 18.8 Å². The molecule has 1 aliphatic rings. The van der Waals surface area contributed by atoms with Crippen LogP contribution in [0.25, 0.3) is 16.7 Å². The van der Waals surface area contributed by atoms with Gasteiger partial charge in [-0.1, -0.05) is 30.8 Å².